The standard InChI is InChI=1S/C24H32N2O3S/c1-4-5-8-16-29-22-10-7-6-9-21(22)23(27)26-24(30)25-19-11-13-20(14-12-19)28-17-15-18(2)3/h6-7,9-14,18H,4-5,8,15-17H2,1-3H3,(H2,25,26,27,30). The molecule has 6 heteroatoms. The number of benzene rings is 2. The van der Waals surface area contributed by atoms with Crippen LogP contribution < -0.4 is 20.1 Å². The molecule has 0 bridgehead atoms. The summed E-state index contributed by atoms with van der Waals surface area (Å²) in [6, 6.07) is 14.7. The van der Waals surface area contributed by atoms with Gasteiger partial charge in [-0.25, -0.2) is 0 Å². The number of unbranched alkanes of at least 4 members (excludes halogenated alkanes) is 2. The van der Waals surface area contributed by atoms with Crippen molar-refractivity contribution in [3.8, 4) is 11.5 Å². The zero-order valence-electron chi connectivity index (χ0n) is 18.1. The van der Waals surface area contributed by atoms with Gasteiger partial charge in [0.15, 0.2) is 5.11 Å². The Bertz CT molecular complexity index is 806. The number of para-hydroxylation sites is 1. The van der Waals surface area contributed by atoms with Gasteiger partial charge in [0, 0.05) is 5.69 Å². The van der Waals surface area contributed by atoms with Crippen LogP contribution in [-0.2, 0) is 0 Å². The highest BCUT2D eigenvalue weighted by Gasteiger charge is 2.13. The van der Waals surface area contributed by atoms with Crippen molar-refractivity contribution >= 4 is 28.9 Å². The Morgan fingerprint density at radius 1 is 1.00 bits per heavy atom. The second-order valence-corrected chi connectivity index (χ2v) is 7.92. The van der Waals surface area contributed by atoms with E-state index in [0.29, 0.717) is 30.4 Å². The molecule has 30 heavy (non-hydrogen) atoms. The van der Waals surface area contributed by atoms with Gasteiger partial charge in [-0.15, -0.1) is 0 Å². The molecule has 0 saturated heterocycles. The monoisotopic (exact) mass is 428 g/mol. The average Bonchev–Trinajstić information content (AvgIpc) is 2.72. The smallest absolute Gasteiger partial charge is 0.261 e. The van der Waals surface area contributed by atoms with Gasteiger partial charge in [-0.2, -0.15) is 0 Å². The number of amides is 1. The fourth-order valence-corrected chi connectivity index (χ4v) is 2.90. The average molecular weight is 429 g/mol. The molecule has 2 aromatic carbocycles. The maximum Gasteiger partial charge on any atom is 0.261 e. The summed E-state index contributed by atoms with van der Waals surface area (Å²) in [6.07, 6.45) is 4.20. The zero-order chi connectivity index (χ0) is 21.8. The summed E-state index contributed by atoms with van der Waals surface area (Å²) in [5, 5.41) is 5.98. The quantitative estimate of drug-likeness (QED) is 0.349. The van der Waals surface area contributed by atoms with E-state index >= 15 is 0 Å². The Hall–Kier alpha value is -2.60. The first-order chi connectivity index (χ1) is 14.5. The number of hydrogen-bond donors (Lipinski definition) is 2. The molecule has 0 radical (unpaired) electrons. The normalized spacial score (nSPS) is 10.5. The number of carbonyl (C=O) groups excluding carboxylic acids is 1. The highest BCUT2D eigenvalue weighted by atomic mass is 32.1. The molecule has 1 amide bonds. The van der Waals surface area contributed by atoms with E-state index < -0.39 is 0 Å². The van der Waals surface area contributed by atoms with Crippen molar-refractivity contribution in [1.82, 2.24) is 5.32 Å². The van der Waals surface area contributed by atoms with Crippen molar-refractivity contribution in [3.63, 3.8) is 0 Å². The van der Waals surface area contributed by atoms with Crippen LogP contribution in [0.4, 0.5) is 5.69 Å². The maximum absolute atomic E-state index is 12.6. The topological polar surface area (TPSA) is 59.6 Å². The van der Waals surface area contributed by atoms with Crippen LogP contribution >= 0.6 is 12.2 Å². The van der Waals surface area contributed by atoms with Gasteiger partial charge in [0.2, 0.25) is 0 Å². The lowest BCUT2D eigenvalue weighted by Crippen LogP contribution is -2.34. The Morgan fingerprint density at radius 3 is 2.43 bits per heavy atom. The third kappa shape index (κ3) is 8.41. The number of nitrogens with one attached hydrogen (secondary N) is 2. The van der Waals surface area contributed by atoms with Gasteiger partial charge in [0.05, 0.1) is 18.8 Å². The molecule has 0 unspecified atom stereocenters. The Balaban J connectivity index is 1.86. The van der Waals surface area contributed by atoms with Crippen LogP contribution in [-0.4, -0.2) is 24.2 Å². The van der Waals surface area contributed by atoms with E-state index in [1.54, 1.807) is 12.1 Å². The summed E-state index contributed by atoms with van der Waals surface area (Å²) < 4.78 is 11.5. The number of carbonyl (C=O) groups is 1. The third-order valence-corrected chi connectivity index (χ3v) is 4.64. The molecule has 0 aliphatic rings. The zero-order valence-corrected chi connectivity index (χ0v) is 18.9. The van der Waals surface area contributed by atoms with Gasteiger partial charge in [-0.05, 0) is 67.4 Å². The van der Waals surface area contributed by atoms with Gasteiger partial charge < -0.3 is 14.8 Å². The summed E-state index contributed by atoms with van der Waals surface area (Å²) >= 11 is 5.29. The van der Waals surface area contributed by atoms with E-state index in [9.17, 15) is 4.79 Å². The van der Waals surface area contributed by atoms with E-state index in [1.165, 1.54) is 0 Å². The van der Waals surface area contributed by atoms with Crippen LogP contribution in [0.1, 0.15) is 56.8 Å². The first-order valence-corrected chi connectivity index (χ1v) is 11.0. The molecular formula is C24H32N2O3S. The molecule has 2 rings (SSSR count). The van der Waals surface area contributed by atoms with Crippen molar-refractivity contribution in [3.05, 3.63) is 54.1 Å². The van der Waals surface area contributed by atoms with Crippen molar-refractivity contribution in [1.29, 1.82) is 0 Å². The fraction of sp³-hybridized carbons (Fsp3) is 0.417. The second-order valence-electron chi connectivity index (χ2n) is 7.52. The number of rotatable bonds is 11. The molecule has 0 spiro atoms. The SMILES string of the molecule is CCCCCOc1ccccc1C(=O)NC(=S)Nc1ccc(OCCC(C)C)cc1. The van der Waals surface area contributed by atoms with E-state index in [4.69, 9.17) is 21.7 Å². The number of thiocarbonyl (C=S) groups is 1. The molecule has 2 aromatic rings. The first-order valence-electron chi connectivity index (χ1n) is 10.6. The van der Waals surface area contributed by atoms with Gasteiger partial charge in [-0.3, -0.25) is 10.1 Å². The Kier molecular flexibility index (Phi) is 10.1. The molecule has 5 nitrogen and oxygen atoms in total. The minimum Gasteiger partial charge on any atom is -0.494 e. The molecule has 0 saturated carbocycles. The summed E-state index contributed by atoms with van der Waals surface area (Å²) in [4.78, 5) is 12.6. The molecule has 0 fully saturated rings. The highest BCUT2D eigenvalue weighted by molar-refractivity contribution is 7.80. The summed E-state index contributed by atoms with van der Waals surface area (Å²) in [5.41, 5.74) is 1.24. The summed E-state index contributed by atoms with van der Waals surface area (Å²) in [5.74, 6) is 1.69. The highest BCUT2D eigenvalue weighted by Crippen LogP contribution is 2.19. The first kappa shape index (κ1) is 23.7. The van der Waals surface area contributed by atoms with Crippen molar-refractivity contribution in [2.24, 2.45) is 5.92 Å². The molecule has 0 aliphatic heterocycles. The second kappa shape index (κ2) is 12.9. The largest absolute Gasteiger partial charge is 0.494 e. The van der Waals surface area contributed by atoms with Crippen molar-refractivity contribution in [2.45, 2.75) is 46.5 Å². The Labute approximate surface area is 185 Å². The lowest BCUT2D eigenvalue weighted by Gasteiger charge is -2.13. The third-order valence-electron chi connectivity index (χ3n) is 4.44. The van der Waals surface area contributed by atoms with Crippen LogP contribution in [0, 0.1) is 5.92 Å². The molecule has 0 atom stereocenters. The molecule has 0 heterocycles. The Morgan fingerprint density at radius 2 is 1.73 bits per heavy atom. The predicted octanol–water partition coefficient (Wildman–Crippen LogP) is 5.81. The van der Waals surface area contributed by atoms with E-state index in [0.717, 1.165) is 37.1 Å². The number of ether oxygens (including phenoxy) is 2. The molecule has 0 aliphatic carbocycles. The molecular weight excluding hydrogens is 396 g/mol. The van der Waals surface area contributed by atoms with E-state index in [2.05, 4.69) is 31.4 Å². The van der Waals surface area contributed by atoms with Crippen LogP contribution in [0.5, 0.6) is 11.5 Å². The fourth-order valence-electron chi connectivity index (χ4n) is 2.69. The van der Waals surface area contributed by atoms with Crippen molar-refractivity contribution in [2.75, 3.05) is 18.5 Å². The van der Waals surface area contributed by atoms with Gasteiger partial charge >= 0.3 is 0 Å². The number of hydrogen-bond acceptors (Lipinski definition) is 4. The predicted molar refractivity (Wildman–Crippen MR) is 127 cm³/mol. The lowest BCUT2D eigenvalue weighted by atomic mass is 10.1. The van der Waals surface area contributed by atoms with Gasteiger partial charge in [0.1, 0.15) is 11.5 Å². The van der Waals surface area contributed by atoms with Crippen molar-refractivity contribution < 1.29 is 14.3 Å². The number of anilines is 1. The lowest BCUT2D eigenvalue weighted by molar-refractivity contribution is 0.0973. The summed E-state index contributed by atoms with van der Waals surface area (Å²) in [6.45, 7) is 7.76. The minimum atomic E-state index is -0.299. The maximum atomic E-state index is 12.6. The summed E-state index contributed by atoms with van der Waals surface area (Å²) in [7, 11) is 0. The van der Waals surface area contributed by atoms with Gasteiger partial charge in [0.25, 0.3) is 5.91 Å². The van der Waals surface area contributed by atoms with Crippen LogP contribution in [0.15, 0.2) is 48.5 Å². The minimum absolute atomic E-state index is 0.231. The molecule has 2 N–H and O–H groups in total. The van der Waals surface area contributed by atoms with Crippen LogP contribution in [0.3, 0.4) is 0 Å². The van der Waals surface area contributed by atoms with Crippen LogP contribution in [0.25, 0.3) is 0 Å². The molecule has 162 valence electrons. The van der Waals surface area contributed by atoms with Gasteiger partial charge in [-0.1, -0.05) is 45.7 Å². The van der Waals surface area contributed by atoms with E-state index in [1.807, 2.05) is 36.4 Å². The molecule has 0 aromatic heterocycles. The van der Waals surface area contributed by atoms with E-state index in [-0.39, 0.29) is 11.0 Å². The van der Waals surface area contributed by atoms with Crippen LogP contribution in [0.2, 0.25) is 0 Å².